The first-order valence-corrected chi connectivity index (χ1v) is 7.50. The van der Waals surface area contributed by atoms with Gasteiger partial charge in [0.05, 0.1) is 22.6 Å². The summed E-state index contributed by atoms with van der Waals surface area (Å²) in [7, 11) is -1.07. The summed E-state index contributed by atoms with van der Waals surface area (Å²) < 4.78 is 26.0. The van der Waals surface area contributed by atoms with Crippen LogP contribution in [-0.4, -0.2) is 38.3 Å². The summed E-state index contributed by atoms with van der Waals surface area (Å²) in [5.74, 6) is -0.485. The molecular formula is C12H16N4O4S. The summed E-state index contributed by atoms with van der Waals surface area (Å²) in [4.78, 5) is 9.96. The van der Waals surface area contributed by atoms with Gasteiger partial charge in [-0.3, -0.25) is 10.1 Å². The fourth-order valence-corrected chi connectivity index (χ4v) is 3.21. The van der Waals surface area contributed by atoms with Crippen LogP contribution in [0.3, 0.4) is 0 Å². The summed E-state index contributed by atoms with van der Waals surface area (Å²) in [6, 6.07) is 5.52. The van der Waals surface area contributed by atoms with Gasteiger partial charge in [-0.1, -0.05) is 0 Å². The Hall–Kier alpha value is -2.18. The normalized spacial score (nSPS) is 12.7. The zero-order valence-corrected chi connectivity index (χ0v) is 12.7. The van der Waals surface area contributed by atoms with Crippen LogP contribution in [0.15, 0.2) is 23.1 Å². The van der Waals surface area contributed by atoms with E-state index in [4.69, 9.17) is 5.26 Å². The molecule has 21 heavy (non-hydrogen) atoms. The van der Waals surface area contributed by atoms with Crippen LogP contribution >= 0.6 is 0 Å². The van der Waals surface area contributed by atoms with Crippen molar-refractivity contribution in [1.29, 1.82) is 5.26 Å². The number of nitro benzene ring substituents is 1. The second-order valence-electron chi connectivity index (χ2n) is 4.50. The Morgan fingerprint density at radius 3 is 2.62 bits per heavy atom. The largest absolute Gasteiger partial charge is 0.387 e. The minimum absolute atomic E-state index is 0.00464. The number of hydrogen-bond donors (Lipinski definition) is 1. The van der Waals surface area contributed by atoms with Crippen molar-refractivity contribution in [3.63, 3.8) is 0 Å². The first-order valence-electron chi connectivity index (χ1n) is 6.06. The average Bonchev–Trinajstić information content (AvgIpc) is 2.45. The van der Waals surface area contributed by atoms with Crippen molar-refractivity contribution in [2.24, 2.45) is 5.92 Å². The van der Waals surface area contributed by atoms with E-state index >= 15 is 0 Å². The molecule has 0 amide bonds. The Bertz CT molecular complexity index is 681. The molecule has 0 fully saturated rings. The summed E-state index contributed by atoms with van der Waals surface area (Å²) in [6.07, 6.45) is 0. The second kappa shape index (κ2) is 6.51. The maximum absolute atomic E-state index is 12.5. The molecule has 1 aromatic rings. The van der Waals surface area contributed by atoms with E-state index in [0.29, 0.717) is 0 Å². The van der Waals surface area contributed by atoms with E-state index in [1.807, 2.05) is 6.07 Å². The molecule has 0 aliphatic rings. The number of non-ortho nitro benzene ring substituents is 1. The number of nitrogens with zero attached hydrogens (tertiary/aromatic N) is 3. The molecule has 114 valence electrons. The van der Waals surface area contributed by atoms with E-state index in [9.17, 15) is 18.5 Å². The van der Waals surface area contributed by atoms with E-state index < -0.39 is 20.9 Å². The molecule has 0 bridgehead atoms. The van der Waals surface area contributed by atoms with Crippen molar-refractivity contribution in [1.82, 2.24) is 4.31 Å². The molecule has 0 radical (unpaired) electrons. The van der Waals surface area contributed by atoms with Gasteiger partial charge in [0, 0.05) is 32.8 Å². The first-order chi connectivity index (χ1) is 9.73. The molecule has 1 atom stereocenters. The summed E-state index contributed by atoms with van der Waals surface area (Å²) in [5, 5.41) is 22.3. The van der Waals surface area contributed by atoms with Gasteiger partial charge in [0.2, 0.25) is 10.0 Å². The van der Waals surface area contributed by atoms with Gasteiger partial charge in [-0.25, -0.2) is 8.42 Å². The topological polar surface area (TPSA) is 116 Å². The molecule has 0 aliphatic heterocycles. The lowest BCUT2D eigenvalue weighted by atomic mass is 10.2. The highest BCUT2D eigenvalue weighted by atomic mass is 32.2. The zero-order chi connectivity index (χ0) is 16.2. The molecule has 1 rings (SSSR count). The predicted molar refractivity (Wildman–Crippen MR) is 77.2 cm³/mol. The highest BCUT2D eigenvalue weighted by Crippen LogP contribution is 2.28. The van der Waals surface area contributed by atoms with Crippen molar-refractivity contribution < 1.29 is 13.3 Å². The first kappa shape index (κ1) is 16.9. The number of hydrogen-bond acceptors (Lipinski definition) is 6. The quantitative estimate of drug-likeness (QED) is 0.627. The minimum Gasteiger partial charge on any atom is -0.387 e. The Balaban J connectivity index is 3.32. The monoisotopic (exact) mass is 312 g/mol. The summed E-state index contributed by atoms with van der Waals surface area (Å²) in [5.41, 5.74) is -0.0497. The number of sulfonamides is 1. The Kier molecular flexibility index (Phi) is 5.23. The van der Waals surface area contributed by atoms with Crippen molar-refractivity contribution in [2.75, 3.05) is 26.0 Å². The van der Waals surface area contributed by atoms with Gasteiger partial charge in [0.25, 0.3) is 5.69 Å². The van der Waals surface area contributed by atoms with Gasteiger partial charge in [0.1, 0.15) is 4.90 Å². The zero-order valence-electron chi connectivity index (χ0n) is 11.9. The third-order valence-electron chi connectivity index (χ3n) is 2.88. The number of nitriles is 1. The number of anilines is 1. The molecule has 0 aliphatic carbocycles. The maximum Gasteiger partial charge on any atom is 0.270 e. The van der Waals surface area contributed by atoms with E-state index in [1.165, 1.54) is 26.2 Å². The highest BCUT2D eigenvalue weighted by molar-refractivity contribution is 7.89. The molecule has 0 heterocycles. The van der Waals surface area contributed by atoms with Crippen LogP contribution in [0.25, 0.3) is 0 Å². The van der Waals surface area contributed by atoms with Crippen molar-refractivity contribution >= 4 is 21.4 Å². The standard InChI is InChI=1S/C12H16N4O4S/c1-9(7-13)8-15(3)21(19,20)12-6-10(16(17)18)4-5-11(12)14-2/h4-6,9,14H,8H2,1-3H3. The molecule has 1 aromatic carbocycles. The van der Waals surface area contributed by atoms with Crippen molar-refractivity contribution in [3.8, 4) is 6.07 Å². The van der Waals surface area contributed by atoms with Gasteiger partial charge in [-0.15, -0.1) is 0 Å². The van der Waals surface area contributed by atoms with Gasteiger partial charge in [-0.2, -0.15) is 9.57 Å². The van der Waals surface area contributed by atoms with Crippen LogP contribution in [0, 0.1) is 27.4 Å². The van der Waals surface area contributed by atoms with Crippen LogP contribution in [0.5, 0.6) is 0 Å². The molecule has 0 saturated carbocycles. The third-order valence-corrected chi connectivity index (χ3v) is 4.75. The highest BCUT2D eigenvalue weighted by Gasteiger charge is 2.27. The molecule has 1 unspecified atom stereocenters. The van der Waals surface area contributed by atoms with Crippen LogP contribution in [0.1, 0.15) is 6.92 Å². The van der Waals surface area contributed by atoms with E-state index in [1.54, 1.807) is 6.92 Å². The Labute approximate surface area is 123 Å². The fourth-order valence-electron chi connectivity index (χ4n) is 1.74. The Morgan fingerprint density at radius 1 is 1.52 bits per heavy atom. The number of nitro groups is 1. The molecule has 0 saturated heterocycles. The van der Waals surface area contributed by atoms with Gasteiger partial charge in [0.15, 0.2) is 0 Å². The van der Waals surface area contributed by atoms with Crippen LogP contribution in [-0.2, 0) is 10.0 Å². The Morgan fingerprint density at radius 2 is 2.14 bits per heavy atom. The van der Waals surface area contributed by atoms with Crippen LogP contribution < -0.4 is 5.32 Å². The van der Waals surface area contributed by atoms with E-state index in [-0.39, 0.29) is 22.8 Å². The van der Waals surface area contributed by atoms with Gasteiger partial charge < -0.3 is 5.32 Å². The predicted octanol–water partition coefficient (Wildman–Crippen LogP) is 1.42. The fraction of sp³-hybridized carbons (Fsp3) is 0.417. The summed E-state index contributed by atoms with van der Waals surface area (Å²) >= 11 is 0. The lowest BCUT2D eigenvalue weighted by Gasteiger charge is -2.19. The van der Waals surface area contributed by atoms with Crippen molar-refractivity contribution in [2.45, 2.75) is 11.8 Å². The molecular weight excluding hydrogens is 296 g/mol. The molecule has 0 aromatic heterocycles. The minimum atomic E-state index is -3.93. The van der Waals surface area contributed by atoms with Crippen molar-refractivity contribution in [3.05, 3.63) is 28.3 Å². The third kappa shape index (κ3) is 3.68. The summed E-state index contributed by atoms with van der Waals surface area (Å²) in [6.45, 7) is 1.60. The lowest BCUT2D eigenvalue weighted by molar-refractivity contribution is -0.385. The molecule has 9 heteroatoms. The second-order valence-corrected chi connectivity index (χ2v) is 6.52. The van der Waals surface area contributed by atoms with Gasteiger partial charge in [-0.05, 0) is 13.0 Å². The molecule has 8 nitrogen and oxygen atoms in total. The SMILES string of the molecule is CNc1ccc([N+](=O)[O-])cc1S(=O)(=O)N(C)CC(C)C#N. The van der Waals surface area contributed by atoms with Crippen LogP contribution in [0.4, 0.5) is 11.4 Å². The number of benzene rings is 1. The number of nitrogens with one attached hydrogen (secondary N) is 1. The maximum atomic E-state index is 12.5. The number of rotatable bonds is 6. The molecule has 0 spiro atoms. The van der Waals surface area contributed by atoms with E-state index in [0.717, 1.165) is 10.4 Å². The van der Waals surface area contributed by atoms with Crippen LogP contribution in [0.2, 0.25) is 0 Å². The van der Waals surface area contributed by atoms with Gasteiger partial charge >= 0.3 is 0 Å². The smallest absolute Gasteiger partial charge is 0.270 e. The van der Waals surface area contributed by atoms with E-state index in [2.05, 4.69) is 5.32 Å². The molecule has 1 N–H and O–H groups in total. The lowest BCUT2D eigenvalue weighted by Crippen LogP contribution is -2.31. The average molecular weight is 312 g/mol.